The maximum Gasteiger partial charge on any atom is 0.329 e. The standard InChI is InChI=1S/C91H125N17O19S/c1-56-17-10-9-11-18-57(2)75(120-7)49-68-25-22-61(6)91(117,127-68)84(114)87(115)107-31-14-12-21-71(107)88(116)125-76(50-72(109)58(3)44-60(5)82(112)83(113)81(111)59(4)43-56)69(92)46-62-23-26-74(77(47-62)121-8)124-54-63-19-16-20-64(45-63)66-51-96-90(97-52-66)104-33-35-106(36-34-104)128(118,119)42-29-67-53-105(103-101-67)37-39-123-41-40-122-38-28-78(110)95-30-13-15-32-108-86-79(85(93)98-55-99-86)80(102-108)65-24-27-73-70(48-65)100-89(94)126-73/h9-11,16-20,24,27,44-45,48,51-53,55-56,58-59,61-62,68-69,71,74-77,82-83,112-113,117H,12-15,21-23,25-26,28-43,46-47,49-50,54,92H2,1-8H3,(H2,94,100)(H,95,110)(H2,93,98,99)/b11-9?,17-10+,57-18?,60-44+/t56-,58-,59-,61-,62+,68+,69-,71+,74-,75+,76+,77-,82-,83+,91-/m1/s1. The van der Waals surface area contributed by atoms with Crippen LogP contribution in [-0.2, 0) is 98.1 Å². The van der Waals surface area contributed by atoms with Crippen molar-refractivity contribution in [1.29, 1.82) is 0 Å². The number of hydrogen-bond acceptors (Lipinski definition) is 31. The van der Waals surface area contributed by atoms with E-state index in [0.717, 1.165) is 32.7 Å². The van der Waals surface area contributed by atoms with E-state index in [-0.39, 0.29) is 119 Å². The van der Waals surface area contributed by atoms with Gasteiger partial charge in [0.2, 0.25) is 27.7 Å². The van der Waals surface area contributed by atoms with Crippen LogP contribution in [0.25, 0.3) is 44.5 Å². The summed E-state index contributed by atoms with van der Waals surface area (Å²) in [6.07, 6.45) is 16.9. The van der Waals surface area contributed by atoms with Gasteiger partial charge < -0.3 is 85.2 Å². The molecule has 7 aromatic rings. The third-order valence-corrected chi connectivity index (χ3v) is 27.0. The molecule has 2 aromatic carbocycles. The number of amides is 2. The molecule has 1 saturated carbocycles. The van der Waals surface area contributed by atoms with Gasteiger partial charge in [-0.25, -0.2) is 42.5 Å². The number of nitrogens with two attached hydrogens (primary N) is 3. The number of carbonyl (C=O) groups excluding carboxylic acids is 6. The van der Waals surface area contributed by atoms with E-state index in [4.69, 9.17) is 69.8 Å². The maximum atomic E-state index is 14.8. The van der Waals surface area contributed by atoms with Gasteiger partial charge in [-0.15, -0.1) is 5.10 Å². The van der Waals surface area contributed by atoms with Gasteiger partial charge in [0.05, 0.1) is 80.8 Å². The minimum Gasteiger partial charge on any atom is -0.459 e. The number of benzene rings is 2. The molecule has 4 aliphatic heterocycles. The number of nitrogen functional groups attached to an aromatic ring is 2. The number of ether oxygens (including phenoxy) is 7. The number of aryl methyl sites for hydroxylation is 2. The number of piperazine rings is 1. The van der Waals surface area contributed by atoms with Crippen molar-refractivity contribution in [3.63, 3.8) is 0 Å². The van der Waals surface area contributed by atoms with E-state index in [1.165, 1.54) is 23.6 Å². The first-order chi connectivity index (χ1) is 61.5. The van der Waals surface area contributed by atoms with E-state index >= 15 is 0 Å². The molecule has 9 heterocycles. The van der Waals surface area contributed by atoms with Crippen molar-refractivity contribution in [3.05, 3.63) is 126 Å². The molecule has 3 saturated heterocycles. The van der Waals surface area contributed by atoms with E-state index in [0.29, 0.717) is 162 Å². The van der Waals surface area contributed by atoms with Crippen molar-refractivity contribution in [2.75, 3.05) is 102 Å². The van der Waals surface area contributed by atoms with E-state index < -0.39 is 105 Å². The van der Waals surface area contributed by atoms with Crippen molar-refractivity contribution >= 4 is 85.1 Å². The van der Waals surface area contributed by atoms with Gasteiger partial charge in [0.1, 0.15) is 53.5 Å². The highest BCUT2D eigenvalue weighted by molar-refractivity contribution is 7.89. The fourth-order valence-corrected chi connectivity index (χ4v) is 18.9. The second-order valence-electron chi connectivity index (χ2n) is 34.5. The monoisotopic (exact) mass is 1790 g/mol. The fourth-order valence-electron chi connectivity index (χ4n) is 17.4. The van der Waals surface area contributed by atoms with E-state index in [1.807, 2.05) is 85.5 Å². The second kappa shape index (κ2) is 45.5. The van der Waals surface area contributed by atoms with Crippen molar-refractivity contribution in [2.45, 2.75) is 225 Å². The minimum absolute atomic E-state index is 0.00701. The first-order valence-corrected chi connectivity index (χ1v) is 46.2. The Morgan fingerprint density at radius 1 is 0.789 bits per heavy atom. The zero-order valence-corrected chi connectivity index (χ0v) is 75.3. The topological polar surface area (TPSA) is 488 Å². The highest BCUT2D eigenvalue weighted by atomic mass is 32.2. The summed E-state index contributed by atoms with van der Waals surface area (Å²) >= 11 is 0. The molecule has 128 heavy (non-hydrogen) atoms. The number of esters is 1. The molecule has 2 bridgehead atoms. The van der Waals surface area contributed by atoms with Crippen molar-refractivity contribution in [3.8, 4) is 22.4 Å². The lowest BCUT2D eigenvalue weighted by molar-refractivity contribution is -0.265. The predicted molar refractivity (Wildman–Crippen MR) is 476 cm³/mol. The van der Waals surface area contributed by atoms with Gasteiger partial charge >= 0.3 is 5.97 Å². The highest BCUT2D eigenvalue weighted by Crippen LogP contribution is 2.39. The molecule has 36 nitrogen and oxygen atoms in total. The van der Waals surface area contributed by atoms with Gasteiger partial charge in [-0.1, -0.05) is 87.6 Å². The van der Waals surface area contributed by atoms with E-state index in [9.17, 15) is 52.5 Å². The van der Waals surface area contributed by atoms with Crippen LogP contribution in [0.3, 0.4) is 0 Å². The summed E-state index contributed by atoms with van der Waals surface area (Å²) in [4.78, 5) is 110. The summed E-state index contributed by atoms with van der Waals surface area (Å²) in [7, 11) is -0.469. The number of aliphatic hydroxyl groups is 3. The second-order valence-corrected chi connectivity index (χ2v) is 36.6. The van der Waals surface area contributed by atoms with Crippen LogP contribution in [-0.4, -0.2) is 264 Å². The molecule has 12 rings (SSSR count). The number of piperidine rings is 1. The zero-order valence-electron chi connectivity index (χ0n) is 74.4. The van der Waals surface area contributed by atoms with Gasteiger partial charge in [-0.3, -0.25) is 24.0 Å². The molecule has 0 spiro atoms. The summed E-state index contributed by atoms with van der Waals surface area (Å²) in [6.45, 7) is 14.4. The van der Waals surface area contributed by atoms with Gasteiger partial charge in [0, 0.05) is 139 Å². The summed E-state index contributed by atoms with van der Waals surface area (Å²) in [5, 5.41) is 51.5. The van der Waals surface area contributed by atoms with Gasteiger partial charge in [0.15, 0.2) is 17.0 Å². The van der Waals surface area contributed by atoms with Gasteiger partial charge in [-0.05, 0) is 149 Å². The first-order valence-electron chi connectivity index (χ1n) is 44.6. The van der Waals surface area contributed by atoms with Crippen LogP contribution in [0.1, 0.15) is 149 Å². The van der Waals surface area contributed by atoms with Crippen LogP contribution in [0.2, 0.25) is 0 Å². The number of methoxy groups -OCH3 is 2. The Morgan fingerprint density at radius 3 is 2.34 bits per heavy atom. The van der Waals surface area contributed by atoms with Gasteiger partial charge in [0.25, 0.3) is 17.7 Å². The number of carbonyl (C=O) groups is 6. The SMILES string of the molecule is CO[C@H]1C[C@@H]2CC[C@@H](C)[C@@](O)(O2)C(=O)C(=O)N2CCCC[C@H]2C(=O)O[C@H]([C@H](N)C[C@@H]2CC[C@@H](OCc3cccc(-c4cnc(N5CCN(S(=O)(=O)CCc6cn(CCOCCOCCC(=O)NCCCCn7nc(-c8ccc9oc(N)nc9c8)c8c(N)ncnc87)nn6)CC5)nc4)c3)[C@H](OC)C2)CC(=O)[C@H](C)/C=C(\C)[C@@H](O)[C@@H](O)C(=O)[C@H](C)C[C@H](C)/C=C/C=CC=C1C. The number of aromatic nitrogens is 10. The number of hydrogen-bond donors (Lipinski definition) is 7. The molecule has 37 heteroatoms. The molecule has 10 N–H and O–H groups in total. The molecular formula is C91H125N17O19S. The largest absolute Gasteiger partial charge is 0.459 e. The number of sulfonamides is 1. The smallest absolute Gasteiger partial charge is 0.329 e. The molecular weight excluding hydrogens is 1670 g/mol. The van der Waals surface area contributed by atoms with Gasteiger partial charge in [-0.2, -0.15) is 14.4 Å². The molecule has 0 unspecified atom stereocenters. The number of cyclic esters (lactones) is 1. The van der Waals surface area contributed by atoms with Crippen LogP contribution in [0.5, 0.6) is 0 Å². The summed E-state index contributed by atoms with van der Waals surface area (Å²) in [5.41, 5.74) is 26.4. The van der Waals surface area contributed by atoms with Crippen LogP contribution in [0, 0.1) is 29.6 Å². The maximum absolute atomic E-state index is 14.8. The Labute approximate surface area is 746 Å². The number of unbranched alkanes of at least 4 members (excludes halogenated alkanes) is 1. The van der Waals surface area contributed by atoms with E-state index in [2.05, 4.69) is 30.6 Å². The summed E-state index contributed by atoms with van der Waals surface area (Å²) in [6, 6.07) is 11.2. The van der Waals surface area contributed by atoms with E-state index in [1.54, 1.807) is 69.0 Å². The normalized spacial score (nSPS) is 26.7. The molecule has 5 aliphatic rings. The summed E-state index contributed by atoms with van der Waals surface area (Å²) in [5.74, 6) is -8.62. The number of ketones is 3. The third-order valence-electron chi connectivity index (χ3n) is 25.1. The average Bonchev–Trinajstić information content (AvgIpc) is 1.78. The molecule has 5 aromatic heterocycles. The van der Waals surface area contributed by atoms with Crippen LogP contribution >= 0.6 is 0 Å². The number of fused-ring (bicyclic) bond motifs is 5. The van der Waals surface area contributed by atoms with Crippen molar-refractivity contribution in [1.82, 2.24) is 64.2 Å². The Kier molecular flexibility index (Phi) is 34.5. The Morgan fingerprint density at radius 2 is 1.57 bits per heavy atom. The zero-order chi connectivity index (χ0) is 91.3. The number of nitrogens with zero attached hydrogens (tertiary/aromatic N) is 13. The molecule has 694 valence electrons. The Balaban J connectivity index is 0.568. The number of allylic oxidation sites excluding steroid dienone is 6. The fraction of sp³-hybridized carbons (Fsp3) is 0.582. The number of oxazole rings is 1. The minimum atomic E-state index is -3.64. The number of anilines is 3. The van der Waals surface area contributed by atoms with Crippen LogP contribution in [0.15, 0.2) is 119 Å². The average molecular weight is 1790 g/mol. The molecule has 2 amide bonds. The highest BCUT2D eigenvalue weighted by Gasteiger charge is 2.53. The molecule has 15 atom stereocenters. The van der Waals surface area contributed by atoms with Crippen LogP contribution in [0.4, 0.5) is 17.8 Å². The molecule has 1 aliphatic carbocycles. The first kappa shape index (κ1) is 97.0. The lowest BCUT2D eigenvalue weighted by Gasteiger charge is -2.42. The van der Waals surface area contributed by atoms with Crippen molar-refractivity contribution in [2.24, 2.45) is 35.3 Å². The predicted octanol–water partition coefficient (Wildman–Crippen LogP) is 7.32. The summed E-state index contributed by atoms with van der Waals surface area (Å²) < 4.78 is 80.0. The number of nitrogens with one attached hydrogen (secondary N) is 1. The lowest BCUT2D eigenvalue weighted by atomic mass is 9.80. The Bertz CT molecular complexity index is 5190. The third kappa shape index (κ3) is 25.3. The quantitative estimate of drug-likeness (QED) is 0.0104. The Hall–Kier alpha value is -10.0. The van der Waals surface area contributed by atoms with Crippen molar-refractivity contribution < 1.29 is 90.1 Å². The number of Topliss-reactive ketones (excluding diaryl/α,β-unsaturated/α-hetero) is 3. The number of aliphatic hydroxyl groups excluding tert-OH is 2. The number of rotatable bonds is 29. The molecule has 0 radical (unpaired) electrons. The molecule has 4 fully saturated rings. The van der Waals surface area contributed by atoms with Crippen LogP contribution < -0.4 is 27.4 Å². The lowest BCUT2D eigenvalue weighted by Crippen LogP contribution is -2.61.